The van der Waals surface area contributed by atoms with Crippen LogP contribution in [0, 0.1) is 16.7 Å². The lowest BCUT2D eigenvalue weighted by molar-refractivity contribution is 0.105. The summed E-state index contributed by atoms with van der Waals surface area (Å²) in [7, 11) is 0. The van der Waals surface area contributed by atoms with Crippen molar-refractivity contribution in [3.8, 4) is 0 Å². The van der Waals surface area contributed by atoms with Crippen molar-refractivity contribution in [2.45, 2.75) is 40.5 Å². The lowest BCUT2D eigenvalue weighted by atomic mass is 9.66. The van der Waals surface area contributed by atoms with E-state index >= 15 is 0 Å². The first-order valence-corrected chi connectivity index (χ1v) is 4.64. The normalized spacial score (nSPS) is 42.8. The molecule has 0 radical (unpaired) electrons. The number of hydrogen-bond donors (Lipinski definition) is 1. The molecule has 0 saturated heterocycles. The van der Waals surface area contributed by atoms with E-state index in [2.05, 4.69) is 27.7 Å². The van der Waals surface area contributed by atoms with Gasteiger partial charge in [-0.2, -0.15) is 0 Å². The summed E-state index contributed by atoms with van der Waals surface area (Å²) in [6.45, 7) is 10.2. The van der Waals surface area contributed by atoms with Crippen molar-refractivity contribution in [2.75, 3.05) is 6.54 Å². The summed E-state index contributed by atoms with van der Waals surface area (Å²) in [5.41, 5.74) is 6.62. The standard InChI is InChI=1S/C10H21N/c1-8-5-6-10(4,7-11)9(8,2)3/h8H,5-7,11H2,1-4H3/t8-,10-/m1/s1. The van der Waals surface area contributed by atoms with E-state index in [0.29, 0.717) is 10.8 Å². The van der Waals surface area contributed by atoms with Crippen LogP contribution in [0.5, 0.6) is 0 Å². The van der Waals surface area contributed by atoms with Crippen molar-refractivity contribution in [1.82, 2.24) is 0 Å². The molecule has 2 N–H and O–H groups in total. The SMILES string of the molecule is C[C@@H]1CC[C@](C)(CN)C1(C)C. The average molecular weight is 155 g/mol. The minimum atomic E-state index is 0.381. The summed E-state index contributed by atoms with van der Waals surface area (Å²) in [6, 6.07) is 0. The van der Waals surface area contributed by atoms with Crippen LogP contribution in [0.2, 0.25) is 0 Å². The van der Waals surface area contributed by atoms with E-state index in [-0.39, 0.29) is 0 Å². The third-order valence-electron chi connectivity index (χ3n) is 4.37. The van der Waals surface area contributed by atoms with Gasteiger partial charge in [-0.3, -0.25) is 0 Å². The van der Waals surface area contributed by atoms with Gasteiger partial charge >= 0.3 is 0 Å². The Morgan fingerprint density at radius 1 is 1.36 bits per heavy atom. The molecule has 0 aromatic carbocycles. The topological polar surface area (TPSA) is 26.0 Å². The predicted molar refractivity (Wildman–Crippen MR) is 49.3 cm³/mol. The second-order valence-corrected chi connectivity index (χ2v) is 4.93. The molecule has 0 unspecified atom stereocenters. The van der Waals surface area contributed by atoms with Gasteiger partial charge in [0.05, 0.1) is 0 Å². The minimum absolute atomic E-state index is 0.381. The first-order valence-electron chi connectivity index (χ1n) is 4.64. The Balaban J connectivity index is 2.86. The van der Waals surface area contributed by atoms with Gasteiger partial charge in [0, 0.05) is 0 Å². The molecule has 11 heavy (non-hydrogen) atoms. The van der Waals surface area contributed by atoms with Crippen molar-refractivity contribution < 1.29 is 0 Å². The maximum Gasteiger partial charge on any atom is -0.00180 e. The molecule has 1 aliphatic rings. The molecule has 0 aromatic heterocycles. The highest BCUT2D eigenvalue weighted by Crippen LogP contribution is 2.54. The molecule has 1 heteroatoms. The summed E-state index contributed by atoms with van der Waals surface area (Å²) < 4.78 is 0. The molecular weight excluding hydrogens is 134 g/mol. The molecular formula is C10H21N. The third kappa shape index (κ3) is 1.10. The third-order valence-corrected chi connectivity index (χ3v) is 4.37. The quantitative estimate of drug-likeness (QED) is 0.618. The summed E-state index contributed by atoms with van der Waals surface area (Å²) >= 11 is 0. The molecule has 1 aliphatic carbocycles. The van der Waals surface area contributed by atoms with Gasteiger partial charge in [-0.05, 0) is 36.1 Å². The molecule has 1 saturated carbocycles. The molecule has 1 fully saturated rings. The smallest absolute Gasteiger partial charge is 0.00180 e. The Kier molecular flexibility index (Phi) is 2.04. The van der Waals surface area contributed by atoms with Crippen LogP contribution in [-0.4, -0.2) is 6.54 Å². The highest BCUT2D eigenvalue weighted by molar-refractivity contribution is 4.98. The first kappa shape index (κ1) is 9.05. The van der Waals surface area contributed by atoms with E-state index in [1.54, 1.807) is 0 Å². The Labute approximate surface area is 70.4 Å². The van der Waals surface area contributed by atoms with E-state index in [4.69, 9.17) is 5.73 Å². The number of rotatable bonds is 1. The molecule has 0 spiro atoms. The van der Waals surface area contributed by atoms with Gasteiger partial charge < -0.3 is 5.73 Å². The number of nitrogens with two attached hydrogens (primary N) is 1. The Morgan fingerprint density at radius 3 is 2.09 bits per heavy atom. The van der Waals surface area contributed by atoms with Crippen LogP contribution in [0.3, 0.4) is 0 Å². The zero-order chi connectivity index (χ0) is 8.70. The average Bonchev–Trinajstić information content (AvgIpc) is 2.15. The fourth-order valence-electron chi connectivity index (χ4n) is 2.18. The molecule has 0 bridgehead atoms. The van der Waals surface area contributed by atoms with Gasteiger partial charge in [-0.15, -0.1) is 0 Å². The summed E-state index contributed by atoms with van der Waals surface area (Å²) in [6.07, 6.45) is 2.65. The highest BCUT2D eigenvalue weighted by Gasteiger charge is 2.48. The van der Waals surface area contributed by atoms with Gasteiger partial charge in [-0.25, -0.2) is 0 Å². The van der Waals surface area contributed by atoms with Crippen molar-refractivity contribution >= 4 is 0 Å². The second kappa shape index (κ2) is 2.48. The van der Waals surface area contributed by atoms with Gasteiger partial charge in [0.2, 0.25) is 0 Å². The molecule has 0 aromatic rings. The van der Waals surface area contributed by atoms with Crippen LogP contribution in [0.1, 0.15) is 40.5 Å². The van der Waals surface area contributed by atoms with Crippen molar-refractivity contribution in [2.24, 2.45) is 22.5 Å². The van der Waals surface area contributed by atoms with Crippen LogP contribution in [0.25, 0.3) is 0 Å². The first-order chi connectivity index (χ1) is 4.94. The number of hydrogen-bond acceptors (Lipinski definition) is 1. The maximum atomic E-state index is 5.81. The van der Waals surface area contributed by atoms with E-state index in [0.717, 1.165) is 12.5 Å². The monoisotopic (exact) mass is 155 g/mol. The van der Waals surface area contributed by atoms with Gasteiger partial charge in [0.15, 0.2) is 0 Å². The van der Waals surface area contributed by atoms with E-state index in [1.165, 1.54) is 12.8 Å². The second-order valence-electron chi connectivity index (χ2n) is 4.93. The Morgan fingerprint density at radius 2 is 1.91 bits per heavy atom. The fraction of sp³-hybridized carbons (Fsp3) is 1.00. The van der Waals surface area contributed by atoms with Crippen LogP contribution < -0.4 is 5.73 Å². The Hall–Kier alpha value is -0.0400. The van der Waals surface area contributed by atoms with Crippen LogP contribution in [-0.2, 0) is 0 Å². The van der Waals surface area contributed by atoms with Crippen molar-refractivity contribution in [3.63, 3.8) is 0 Å². The molecule has 2 atom stereocenters. The maximum absolute atomic E-state index is 5.81. The molecule has 1 rings (SSSR count). The fourth-order valence-corrected chi connectivity index (χ4v) is 2.18. The van der Waals surface area contributed by atoms with E-state index in [9.17, 15) is 0 Å². The summed E-state index contributed by atoms with van der Waals surface area (Å²) in [5, 5.41) is 0. The predicted octanol–water partition coefficient (Wildman–Crippen LogP) is 2.41. The summed E-state index contributed by atoms with van der Waals surface area (Å²) in [5.74, 6) is 0.830. The minimum Gasteiger partial charge on any atom is -0.330 e. The molecule has 0 aliphatic heterocycles. The lowest BCUT2D eigenvalue weighted by Gasteiger charge is -2.40. The zero-order valence-electron chi connectivity index (χ0n) is 8.28. The molecule has 0 amide bonds. The lowest BCUT2D eigenvalue weighted by Crippen LogP contribution is -2.39. The van der Waals surface area contributed by atoms with Crippen molar-refractivity contribution in [1.29, 1.82) is 0 Å². The molecule has 66 valence electrons. The zero-order valence-corrected chi connectivity index (χ0v) is 8.28. The van der Waals surface area contributed by atoms with Crippen molar-refractivity contribution in [3.05, 3.63) is 0 Å². The van der Waals surface area contributed by atoms with Gasteiger partial charge in [0.1, 0.15) is 0 Å². The van der Waals surface area contributed by atoms with E-state index < -0.39 is 0 Å². The van der Waals surface area contributed by atoms with E-state index in [1.807, 2.05) is 0 Å². The van der Waals surface area contributed by atoms with Crippen LogP contribution >= 0.6 is 0 Å². The summed E-state index contributed by atoms with van der Waals surface area (Å²) in [4.78, 5) is 0. The van der Waals surface area contributed by atoms with Crippen LogP contribution in [0.4, 0.5) is 0 Å². The van der Waals surface area contributed by atoms with Crippen LogP contribution in [0.15, 0.2) is 0 Å². The van der Waals surface area contributed by atoms with Gasteiger partial charge in [-0.1, -0.05) is 27.7 Å². The largest absolute Gasteiger partial charge is 0.330 e. The molecule has 0 heterocycles. The molecule has 1 nitrogen and oxygen atoms in total. The van der Waals surface area contributed by atoms with Gasteiger partial charge in [0.25, 0.3) is 0 Å². The highest BCUT2D eigenvalue weighted by atomic mass is 14.7. The Bertz CT molecular complexity index is 148.